The van der Waals surface area contributed by atoms with Crippen LogP contribution in [0.2, 0.25) is 0 Å². The lowest BCUT2D eigenvalue weighted by molar-refractivity contribution is -0.130. The third-order valence-corrected chi connectivity index (χ3v) is 8.66. The van der Waals surface area contributed by atoms with E-state index in [1.807, 2.05) is 6.08 Å². The Labute approximate surface area is 270 Å². The van der Waals surface area contributed by atoms with E-state index in [1.54, 1.807) is 6.08 Å². The fourth-order valence-electron chi connectivity index (χ4n) is 5.12. The van der Waals surface area contributed by atoms with E-state index >= 15 is 0 Å². The minimum atomic E-state index is -4.44. The minimum Gasteiger partial charge on any atom is -0.387 e. The number of nitrogens with one attached hydrogen (secondary N) is 1. The molecule has 258 valence electrons. The first-order valence-electron chi connectivity index (χ1n) is 17.8. The molecule has 0 aromatic rings. The van der Waals surface area contributed by atoms with Gasteiger partial charge >= 0.3 is 0 Å². The lowest BCUT2D eigenvalue weighted by Crippen LogP contribution is -2.50. The van der Waals surface area contributed by atoms with Crippen LogP contribution in [0.3, 0.4) is 0 Å². The minimum absolute atomic E-state index is 0.266. The normalized spacial score (nSPS) is 14.6. The SMILES string of the molecule is CCC/C=C/CC/C=C/C(O)C(CS(=O)(=O)O)NC(=O)C(O)CCCCCCCC/C=C\CCCCCCCCCCCC. The zero-order valence-electron chi connectivity index (χ0n) is 28.1. The zero-order valence-corrected chi connectivity index (χ0v) is 29.0. The molecule has 3 atom stereocenters. The van der Waals surface area contributed by atoms with E-state index in [9.17, 15) is 28.0 Å². The first kappa shape index (κ1) is 42.5. The summed E-state index contributed by atoms with van der Waals surface area (Å²) in [5, 5.41) is 23.1. The van der Waals surface area contributed by atoms with Crippen molar-refractivity contribution in [1.82, 2.24) is 5.32 Å². The maximum absolute atomic E-state index is 12.5. The van der Waals surface area contributed by atoms with E-state index in [0.29, 0.717) is 12.8 Å². The number of hydrogen-bond donors (Lipinski definition) is 4. The van der Waals surface area contributed by atoms with Gasteiger partial charge in [0.1, 0.15) is 6.10 Å². The molecule has 0 aliphatic heterocycles. The molecule has 0 aromatic carbocycles. The van der Waals surface area contributed by atoms with Crippen LogP contribution >= 0.6 is 0 Å². The van der Waals surface area contributed by atoms with Crippen molar-refractivity contribution >= 4 is 16.0 Å². The van der Waals surface area contributed by atoms with Gasteiger partial charge in [-0.15, -0.1) is 0 Å². The van der Waals surface area contributed by atoms with Gasteiger partial charge in [-0.2, -0.15) is 8.42 Å². The van der Waals surface area contributed by atoms with Crippen LogP contribution in [0, 0.1) is 0 Å². The van der Waals surface area contributed by atoms with Gasteiger partial charge in [0, 0.05) is 0 Å². The second-order valence-electron chi connectivity index (χ2n) is 12.3. The molecule has 0 fully saturated rings. The Balaban J connectivity index is 3.98. The zero-order chi connectivity index (χ0) is 32.7. The van der Waals surface area contributed by atoms with Crippen LogP contribution in [0.1, 0.15) is 162 Å². The Hall–Kier alpha value is -1.48. The predicted octanol–water partition coefficient (Wildman–Crippen LogP) is 8.76. The number of amides is 1. The smallest absolute Gasteiger partial charge is 0.267 e. The molecular formula is C36H67NO6S. The molecule has 0 aliphatic rings. The molecule has 0 heterocycles. The highest BCUT2D eigenvalue weighted by atomic mass is 32.2. The molecule has 0 rings (SSSR count). The van der Waals surface area contributed by atoms with Gasteiger partial charge in [0.05, 0.1) is 17.9 Å². The summed E-state index contributed by atoms with van der Waals surface area (Å²) in [5.74, 6) is -1.57. The maximum Gasteiger partial charge on any atom is 0.267 e. The molecule has 3 unspecified atom stereocenters. The van der Waals surface area contributed by atoms with E-state index in [1.165, 1.54) is 89.5 Å². The standard InChI is InChI=1S/C36H67NO6S/c1-3-5-7-9-11-12-13-14-15-16-17-18-19-20-21-22-23-25-27-29-31-35(39)36(40)37-33(32-44(41,42)43)34(38)30-28-26-24-10-8-6-4-2/h8,10,18-19,28,30,33-35,38-39H,3-7,9,11-17,20-27,29,31-32H2,1-2H3,(H,37,40)(H,41,42,43)/b10-8+,19-18-,30-28+. The molecule has 1 amide bonds. The summed E-state index contributed by atoms with van der Waals surface area (Å²) in [6.07, 6.45) is 35.3. The Kier molecular flexibility index (Phi) is 29.2. The van der Waals surface area contributed by atoms with Crippen molar-refractivity contribution in [2.24, 2.45) is 0 Å². The summed E-state index contributed by atoms with van der Waals surface area (Å²) in [6.45, 7) is 4.36. The Morgan fingerprint density at radius 1 is 0.614 bits per heavy atom. The number of carbonyl (C=O) groups is 1. The van der Waals surface area contributed by atoms with E-state index < -0.39 is 40.0 Å². The van der Waals surface area contributed by atoms with Crippen molar-refractivity contribution in [3.63, 3.8) is 0 Å². The largest absolute Gasteiger partial charge is 0.387 e. The molecule has 0 aromatic heterocycles. The summed E-state index contributed by atoms with van der Waals surface area (Å²) in [5.41, 5.74) is 0. The topological polar surface area (TPSA) is 124 Å². The van der Waals surface area contributed by atoms with Gasteiger partial charge in [-0.25, -0.2) is 0 Å². The highest BCUT2D eigenvalue weighted by molar-refractivity contribution is 7.85. The average molecular weight is 642 g/mol. The average Bonchev–Trinajstić information content (AvgIpc) is 2.98. The Morgan fingerprint density at radius 2 is 1.07 bits per heavy atom. The second-order valence-corrected chi connectivity index (χ2v) is 13.8. The third kappa shape index (κ3) is 29.2. The van der Waals surface area contributed by atoms with Gasteiger partial charge in [0.25, 0.3) is 10.1 Å². The molecule has 0 saturated heterocycles. The van der Waals surface area contributed by atoms with Crippen LogP contribution in [-0.2, 0) is 14.9 Å². The Bertz CT molecular complexity index is 855. The van der Waals surface area contributed by atoms with Crippen LogP contribution in [0.4, 0.5) is 0 Å². The van der Waals surface area contributed by atoms with Crippen molar-refractivity contribution in [3.8, 4) is 0 Å². The van der Waals surface area contributed by atoms with Crippen molar-refractivity contribution in [2.45, 2.75) is 180 Å². The van der Waals surface area contributed by atoms with Gasteiger partial charge < -0.3 is 15.5 Å². The molecule has 0 radical (unpaired) electrons. The number of aliphatic hydroxyl groups excluding tert-OH is 2. The van der Waals surface area contributed by atoms with E-state index in [2.05, 4.69) is 37.4 Å². The summed E-state index contributed by atoms with van der Waals surface area (Å²) in [7, 11) is -4.44. The van der Waals surface area contributed by atoms with Gasteiger partial charge in [-0.1, -0.05) is 147 Å². The quantitative estimate of drug-likeness (QED) is 0.0341. The molecule has 0 bridgehead atoms. The maximum atomic E-state index is 12.5. The van der Waals surface area contributed by atoms with Crippen molar-refractivity contribution in [2.75, 3.05) is 5.75 Å². The van der Waals surface area contributed by atoms with Gasteiger partial charge in [-0.05, 0) is 51.4 Å². The molecule has 0 spiro atoms. The second kappa shape index (κ2) is 30.2. The van der Waals surface area contributed by atoms with Crippen LogP contribution in [0.15, 0.2) is 36.5 Å². The lowest BCUT2D eigenvalue weighted by atomic mass is 10.0. The van der Waals surface area contributed by atoms with Crippen LogP contribution in [0.25, 0.3) is 0 Å². The fraction of sp³-hybridized carbons (Fsp3) is 0.806. The molecule has 8 heteroatoms. The monoisotopic (exact) mass is 641 g/mol. The molecule has 4 N–H and O–H groups in total. The number of rotatable bonds is 31. The van der Waals surface area contributed by atoms with E-state index in [-0.39, 0.29) is 6.42 Å². The highest BCUT2D eigenvalue weighted by Crippen LogP contribution is 2.13. The van der Waals surface area contributed by atoms with Gasteiger partial charge in [0.15, 0.2) is 0 Å². The molecule has 0 aliphatic carbocycles. The lowest BCUT2D eigenvalue weighted by Gasteiger charge is -2.22. The van der Waals surface area contributed by atoms with Crippen molar-refractivity contribution in [1.29, 1.82) is 0 Å². The number of aliphatic hydroxyl groups is 2. The predicted molar refractivity (Wildman–Crippen MR) is 185 cm³/mol. The van der Waals surface area contributed by atoms with Crippen molar-refractivity contribution < 1.29 is 28.0 Å². The number of allylic oxidation sites excluding steroid dienone is 5. The molecule has 0 saturated carbocycles. The number of unbranched alkanes of at least 4 members (excludes halogenated alkanes) is 18. The third-order valence-electron chi connectivity index (χ3n) is 7.88. The summed E-state index contributed by atoms with van der Waals surface area (Å²) in [6, 6.07) is -1.25. The number of hydrogen-bond acceptors (Lipinski definition) is 5. The van der Waals surface area contributed by atoms with Crippen LogP contribution in [-0.4, -0.2) is 53.1 Å². The highest BCUT2D eigenvalue weighted by Gasteiger charge is 2.27. The van der Waals surface area contributed by atoms with Gasteiger partial charge in [0.2, 0.25) is 5.91 Å². The van der Waals surface area contributed by atoms with E-state index in [0.717, 1.165) is 44.9 Å². The fourth-order valence-corrected chi connectivity index (χ4v) is 5.85. The van der Waals surface area contributed by atoms with Crippen molar-refractivity contribution in [3.05, 3.63) is 36.5 Å². The first-order valence-corrected chi connectivity index (χ1v) is 19.4. The summed E-state index contributed by atoms with van der Waals surface area (Å²) in [4.78, 5) is 12.5. The number of carbonyl (C=O) groups excluding carboxylic acids is 1. The molecule has 44 heavy (non-hydrogen) atoms. The molecular weight excluding hydrogens is 574 g/mol. The first-order chi connectivity index (χ1) is 21.2. The van der Waals surface area contributed by atoms with Gasteiger partial charge in [-0.3, -0.25) is 9.35 Å². The van der Waals surface area contributed by atoms with E-state index in [4.69, 9.17) is 0 Å². The summed E-state index contributed by atoms with van der Waals surface area (Å²) >= 11 is 0. The Morgan fingerprint density at radius 3 is 1.59 bits per heavy atom. The molecule has 7 nitrogen and oxygen atoms in total. The van der Waals surface area contributed by atoms with Crippen LogP contribution in [0.5, 0.6) is 0 Å². The van der Waals surface area contributed by atoms with Crippen LogP contribution < -0.4 is 5.32 Å². The summed E-state index contributed by atoms with van der Waals surface area (Å²) < 4.78 is 32.1.